The van der Waals surface area contributed by atoms with Gasteiger partial charge in [-0.1, -0.05) is 31.4 Å². The van der Waals surface area contributed by atoms with E-state index in [9.17, 15) is 14.4 Å². The maximum atomic E-state index is 12.3. The zero-order valence-electron chi connectivity index (χ0n) is 14.7. The van der Waals surface area contributed by atoms with Gasteiger partial charge in [0.2, 0.25) is 5.91 Å². The first kappa shape index (κ1) is 18.8. The van der Waals surface area contributed by atoms with E-state index in [1.165, 1.54) is 18.2 Å². The summed E-state index contributed by atoms with van der Waals surface area (Å²) in [6.45, 7) is 1.22. The van der Waals surface area contributed by atoms with Gasteiger partial charge in [-0.3, -0.25) is 14.4 Å². The molecule has 0 saturated carbocycles. The lowest BCUT2D eigenvalue weighted by Gasteiger charge is -2.25. The minimum Gasteiger partial charge on any atom is -0.456 e. The lowest BCUT2D eigenvalue weighted by atomic mass is 10.1. The van der Waals surface area contributed by atoms with Crippen molar-refractivity contribution < 1.29 is 19.1 Å². The van der Waals surface area contributed by atoms with Crippen LogP contribution in [-0.2, 0) is 19.1 Å². The number of esters is 1. The smallest absolute Gasteiger partial charge is 0.307 e. The van der Waals surface area contributed by atoms with Crippen LogP contribution in [-0.4, -0.2) is 47.6 Å². The normalized spacial score (nSPS) is 20.4. The Hall–Kier alpha value is -2.02. The molecular formula is C19H24N2O4S. The molecule has 140 valence electrons. The van der Waals surface area contributed by atoms with E-state index >= 15 is 0 Å². The zero-order valence-corrected chi connectivity index (χ0v) is 15.6. The number of anilines is 1. The summed E-state index contributed by atoms with van der Waals surface area (Å²) >= 11 is 1.35. The first-order valence-corrected chi connectivity index (χ1v) is 10.0. The van der Waals surface area contributed by atoms with Gasteiger partial charge in [-0.05, 0) is 25.0 Å². The molecule has 0 aromatic heterocycles. The number of rotatable bonds is 4. The van der Waals surface area contributed by atoms with Crippen LogP contribution in [0.25, 0.3) is 0 Å². The van der Waals surface area contributed by atoms with Crippen molar-refractivity contribution in [3.8, 4) is 0 Å². The van der Waals surface area contributed by atoms with E-state index in [0.717, 1.165) is 49.4 Å². The maximum Gasteiger partial charge on any atom is 0.307 e. The number of carbonyl (C=O) groups excluding carboxylic acids is 3. The summed E-state index contributed by atoms with van der Waals surface area (Å²) < 4.78 is 5.14. The monoisotopic (exact) mass is 376 g/mol. The number of nitrogens with zero attached hydrogens (tertiary/aromatic N) is 1. The molecule has 0 bridgehead atoms. The summed E-state index contributed by atoms with van der Waals surface area (Å²) in [5.41, 5.74) is 0.763. The van der Waals surface area contributed by atoms with Crippen molar-refractivity contribution in [1.82, 2.24) is 4.90 Å². The molecule has 0 unspecified atom stereocenters. The highest BCUT2D eigenvalue weighted by Gasteiger charge is 2.29. The summed E-state index contributed by atoms with van der Waals surface area (Å²) in [6, 6.07) is 7.48. The van der Waals surface area contributed by atoms with Crippen LogP contribution in [0.3, 0.4) is 0 Å². The van der Waals surface area contributed by atoms with E-state index in [1.807, 2.05) is 24.3 Å². The third-order valence-corrected chi connectivity index (χ3v) is 5.90. The molecule has 1 N–H and O–H groups in total. The van der Waals surface area contributed by atoms with Crippen molar-refractivity contribution in [2.75, 3.05) is 25.0 Å². The number of hydrogen-bond acceptors (Lipinski definition) is 5. The summed E-state index contributed by atoms with van der Waals surface area (Å²) in [6.07, 6.45) is 5.45. The summed E-state index contributed by atoms with van der Waals surface area (Å²) in [5.74, 6) is -0.871. The molecule has 0 spiro atoms. The van der Waals surface area contributed by atoms with Gasteiger partial charge in [0, 0.05) is 18.0 Å². The minimum absolute atomic E-state index is 0.0435. The second-order valence-corrected chi connectivity index (χ2v) is 7.85. The quantitative estimate of drug-likeness (QED) is 0.818. The molecule has 26 heavy (non-hydrogen) atoms. The zero-order chi connectivity index (χ0) is 18.4. The Labute approximate surface area is 157 Å². The van der Waals surface area contributed by atoms with Gasteiger partial charge in [-0.2, -0.15) is 0 Å². The van der Waals surface area contributed by atoms with Gasteiger partial charge in [-0.25, -0.2) is 0 Å². The number of benzene rings is 1. The topological polar surface area (TPSA) is 75.7 Å². The summed E-state index contributed by atoms with van der Waals surface area (Å²) in [5, 5.41) is 2.27. The number of thioether (sulfide) groups is 1. The molecule has 1 aromatic carbocycles. The van der Waals surface area contributed by atoms with Crippen molar-refractivity contribution >= 4 is 35.2 Å². The van der Waals surface area contributed by atoms with E-state index in [1.54, 1.807) is 4.90 Å². The fourth-order valence-corrected chi connectivity index (χ4v) is 4.26. The Bertz CT molecular complexity index is 671. The molecule has 2 aliphatic heterocycles. The average Bonchev–Trinajstić information content (AvgIpc) is 2.60. The van der Waals surface area contributed by atoms with Gasteiger partial charge in [0.15, 0.2) is 6.61 Å². The van der Waals surface area contributed by atoms with Crippen molar-refractivity contribution in [3.05, 3.63) is 24.3 Å². The molecule has 3 rings (SSSR count). The van der Waals surface area contributed by atoms with E-state index in [0.29, 0.717) is 0 Å². The molecule has 2 heterocycles. The molecule has 1 fully saturated rings. The maximum absolute atomic E-state index is 12.3. The van der Waals surface area contributed by atoms with E-state index in [4.69, 9.17) is 4.74 Å². The predicted molar refractivity (Wildman–Crippen MR) is 100.0 cm³/mol. The summed E-state index contributed by atoms with van der Waals surface area (Å²) in [7, 11) is 0. The summed E-state index contributed by atoms with van der Waals surface area (Å²) in [4.78, 5) is 39.2. The number of amides is 2. The third kappa shape index (κ3) is 5.00. The second kappa shape index (κ2) is 9.07. The molecular weight excluding hydrogens is 352 g/mol. The van der Waals surface area contributed by atoms with Gasteiger partial charge in [0.05, 0.1) is 17.4 Å². The van der Waals surface area contributed by atoms with Crippen LogP contribution in [0.1, 0.15) is 38.5 Å². The Kier molecular flexibility index (Phi) is 6.55. The highest BCUT2D eigenvalue weighted by atomic mass is 32.2. The SMILES string of the molecule is O=C(C[C@H]1Sc2ccccc2NC1=O)OCC(=O)N1CCCCCCC1. The van der Waals surface area contributed by atoms with Gasteiger partial charge in [0.1, 0.15) is 0 Å². The number of likely N-dealkylation sites (tertiary alicyclic amines) is 1. The molecule has 2 aliphatic rings. The van der Waals surface area contributed by atoms with Crippen LogP contribution in [0.2, 0.25) is 0 Å². The van der Waals surface area contributed by atoms with E-state index < -0.39 is 11.2 Å². The van der Waals surface area contributed by atoms with Crippen LogP contribution >= 0.6 is 11.8 Å². The molecule has 7 heteroatoms. The fraction of sp³-hybridized carbons (Fsp3) is 0.526. The van der Waals surface area contributed by atoms with E-state index in [-0.39, 0.29) is 24.8 Å². The molecule has 1 aromatic rings. The lowest BCUT2D eigenvalue weighted by Crippen LogP contribution is -2.37. The van der Waals surface area contributed by atoms with Gasteiger partial charge in [-0.15, -0.1) is 11.8 Å². The predicted octanol–water partition coefficient (Wildman–Crippen LogP) is 2.83. The van der Waals surface area contributed by atoms with Crippen molar-refractivity contribution in [2.45, 2.75) is 48.7 Å². The molecule has 6 nitrogen and oxygen atoms in total. The molecule has 0 radical (unpaired) electrons. The van der Waals surface area contributed by atoms with Gasteiger partial charge in [0.25, 0.3) is 5.91 Å². The number of nitrogens with one attached hydrogen (secondary N) is 1. The number of hydrogen-bond donors (Lipinski definition) is 1. The first-order valence-electron chi connectivity index (χ1n) is 9.13. The van der Waals surface area contributed by atoms with Crippen LogP contribution < -0.4 is 5.32 Å². The molecule has 2 amide bonds. The number of ether oxygens (including phenoxy) is 1. The number of fused-ring (bicyclic) bond motifs is 1. The Morgan fingerprint density at radius 1 is 1.12 bits per heavy atom. The van der Waals surface area contributed by atoms with Crippen molar-refractivity contribution in [3.63, 3.8) is 0 Å². The number of para-hydroxylation sites is 1. The molecule has 0 aliphatic carbocycles. The minimum atomic E-state index is -0.533. The highest BCUT2D eigenvalue weighted by molar-refractivity contribution is 8.01. The average molecular weight is 376 g/mol. The van der Waals surface area contributed by atoms with Gasteiger partial charge >= 0.3 is 5.97 Å². The van der Waals surface area contributed by atoms with Crippen molar-refractivity contribution in [2.24, 2.45) is 0 Å². The van der Waals surface area contributed by atoms with Crippen LogP contribution in [0.4, 0.5) is 5.69 Å². The van der Waals surface area contributed by atoms with Crippen LogP contribution in [0.15, 0.2) is 29.2 Å². The molecule has 1 atom stereocenters. The number of carbonyl (C=O) groups is 3. The Balaban J connectivity index is 1.46. The van der Waals surface area contributed by atoms with Crippen LogP contribution in [0, 0.1) is 0 Å². The fourth-order valence-electron chi connectivity index (χ4n) is 3.17. The third-order valence-electron chi connectivity index (χ3n) is 4.62. The second-order valence-electron chi connectivity index (χ2n) is 6.61. The Morgan fingerprint density at radius 2 is 1.81 bits per heavy atom. The molecule has 1 saturated heterocycles. The van der Waals surface area contributed by atoms with Crippen molar-refractivity contribution in [1.29, 1.82) is 0 Å². The van der Waals surface area contributed by atoms with Gasteiger partial charge < -0.3 is 15.0 Å². The highest BCUT2D eigenvalue weighted by Crippen LogP contribution is 2.36. The lowest BCUT2D eigenvalue weighted by molar-refractivity contribution is -0.152. The van der Waals surface area contributed by atoms with E-state index in [2.05, 4.69) is 5.32 Å². The first-order chi connectivity index (χ1) is 12.6. The standard InChI is InChI=1S/C19H24N2O4S/c22-17(21-10-6-2-1-3-7-11-21)13-25-18(23)12-16-19(24)20-14-8-4-5-9-15(14)26-16/h4-5,8-9,16H,1-3,6-7,10-13H2,(H,20,24)/t16-/m1/s1. The largest absolute Gasteiger partial charge is 0.456 e. The Morgan fingerprint density at radius 3 is 2.58 bits per heavy atom. The van der Waals surface area contributed by atoms with Crippen LogP contribution in [0.5, 0.6) is 0 Å².